The number of aryl methyl sites for hydroxylation is 1. The summed E-state index contributed by atoms with van der Waals surface area (Å²) in [4.78, 5) is 1.39. The fourth-order valence-corrected chi connectivity index (χ4v) is 2.24. The van der Waals surface area contributed by atoms with Crippen molar-refractivity contribution in [2.75, 3.05) is 6.54 Å². The molecule has 0 saturated carbocycles. The zero-order valence-electron chi connectivity index (χ0n) is 7.05. The Kier molecular flexibility index (Phi) is 4.66. The summed E-state index contributed by atoms with van der Waals surface area (Å²) >= 11 is 7.48. The Morgan fingerprint density at radius 1 is 1.25 bits per heavy atom. The first-order valence-corrected chi connectivity index (χ1v) is 5.46. The lowest BCUT2D eigenvalue weighted by Gasteiger charge is -1.96. The minimum atomic E-state index is 0.811. The third-order valence-electron chi connectivity index (χ3n) is 1.76. The molecule has 0 radical (unpaired) electrons. The van der Waals surface area contributed by atoms with Crippen LogP contribution in [-0.2, 0) is 6.42 Å². The van der Waals surface area contributed by atoms with Gasteiger partial charge in [0.15, 0.2) is 0 Å². The molecule has 1 aromatic heterocycles. The first-order chi connectivity index (χ1) is 5.83. The molecule has 0 aliphatic rings. The van der Waals surface area contributed by atoms with E-state index in [1.165, 1.54) is 17.7 Å². The molecule has 1 nitrogen and oxygen atoms in total. The molecule has 0 unspecified atom stereocenters. The van der Waals surface area contributed by atoms with E-state index in [0.29, 0.717) is 0 Å². The molecule has 0 aliphatic carbocycles. The SMILES string of the molecule is NCCCCCc1ccc(Cl)s1. The monoisotopic (exact) mass is 203 g/mol. The summed E-state index contributed by atoms with van der Waals surface area (Å²) in [5, 5.41) is 0. The van der Waals surface area contributed by atoms with Crippen molar-refractivity contribution in [3.63, 3.8) is 0 Å². The molecule has 1 rings (SSSR count). The van der Waals surface area contributed by atoms with Gasteiger partial charge < -0.3 is 5.73 Å². The number of thiophene rings is 1. The third kappa shape index (κ3) is 3.57. The second-order valence-corrected chi connectivity index (χ2v) is 4.60. The van der Waals surface area contributed by atoms with E-state index in [0.717, 1.165) is 23.7 Å². The number of hydrogen-bond donors (Lipinski definition) is 1. The van der Waals surface area contributed by atoms with Crippen molar-refractivity contribution < 1.29 is 0 Å². The van der Waals surface area contributed by atoms with E-state index < -0.39 is 0 Å². The average molecular weight is 204 g/mol. The lowest BCUT2D eigenvalue weighted by molar-refractivity contribution is 0.690. The molecular weight excluding hydrogens is 190 g/mol. The van der Waals surface area contributed by atoms with Gasteiger partial charge in [-0.3, -0.25) is 0 Å². The molecule has 2 N–H and O–H groups in total. The van der Waals surface area contributed by atoms with Crippen LogP contribution < -0.4 is 5.73 Å². The highest BCUT2D eigenvalue weighted by molar-refractivity contribution is 7.16. The summed E-state index contributed by atoms with van der Waals surface area (Å²) in [5.74, 6) is 0. The number of unbranched alkanes of at least 4 members (excludes halogenated alkanes) is 2. The summed E-state index contributed by atoms with van der Waals surface area (Å²) in [6, 6.07) is 4.07. The molecule has 0 spiro atoms. The van der Waals surface area contributed by atoms with Gasteiger partial charge in [0.1, 0.15) is 0 Å². The van der Waals surface area contributed by atoms with Crippen molar-refractivity contribution in [1.82, 2.24) is 0 Å². The first kappa shape index (κ1) is 10.0. The summed E-state index contributed by atoms with van der Waals surface area (Å²) < 4.78 is 0.892. The summed E-state index contributed by atoms with van der Waals surface area (Å²) in [5.41, 5.74) is 5.39. The maximum absolute atomic E-state index is 5.80. The Bertz CT molecular complexity index is 222. The van der Waals surface area contributed by atoms with Gasteiger partial charge in [0.05, 0.1) is 4.34 Å². The molecule has 12 heavy (non-hydrogen) atoms. The van der Waals surface area contributed by atoms with Crippen LogP contribution >= 0.6 is 22.9 Å². The van der Waals surface area contributed by atoms with Gasteiger partial charge in [-0.2, -0.15) is 0 Å². The van der Waals surface area contributed by atoms with Gasteiger partial charge in [0.25, 0.3) is 0 Å². The summed E-state index contributed by atoms with van der Waals surface area (Å²) in [7, 11) is 0. The standard InChI is InChI=1S/C9H14ClNS/c10-9-6-5-8(12-9)4-2-1-3-7-11/h5-6H,1-4,7,11H2. The van der Waals surface area contributed by atoms with Gasteiger partial charge in [0.2, 0.25) is 0 Å². The van der Waals surface area contributed by atoms with Crippen LogP contribution in [0.2, 0.25) is 4.34 Å². The molecule has 0 amide bonds. The second-order valence-electron chi connectivity index (χ2n) is 2.81. The molecule has 0 bridgehead atoms. The van der Waals surface area contributed by atoms with Gasteiger partial charge in [-0.15, -0.1) is 11.3 Å². The predicted molar refractivity (Wildman–Crippen MR) is 55.9 cm³/mol. The highest BCUT2D eigenvalue weighted by Gasteiger charge is 1.96. The lowest BCUT2D eigenvalue weighted by Crippen LogP contribution is -1.97. The van der Waals surface area contributed by atoms with Crippen LogP contribution in [0.25, 0.3) is 0 Å². The molecular formula is C9H14ClNS. The first-order valence-electron chi connectivity index (χ1n) is 4.27. The topological polar surface area (TPSA) is 26.0 Å². The van der Waals surface area contributed by atoms with Crippen LogP contribution in [0.1, 0.15) is 24.1 Å². The van der Waals surface area contributed by atoms with Gasteiger partial charge >= 0.3 is 0 Å². The maximum atomic E-state index is 5.80. The summed E-state index contributed by atoms with van der Waals surface area (Å²) in [6.45, 7) is 0.811. The van der Waals surface area contributed by atoms with E-state index in [9.17, 15) is 0 Å². The molecule has 68 valence electrons. The van der Waals surface area contributed by atoms with E-state index in [-0.39, 0.29) is 0 Å². The number of hydrogen-bond acceptors (Lipinski definition) is 2. The Morgan fingerprint density at radius 2 is 2.08 bits per heavy atom. The minimum Gasteiger partial charge on any atom is -0.330 e. The Morgan fingerprint density at radius 3 is 2.67 bits per heavy atom. The summed E-state index contributed by atoms with van der Waals surface area (Å²) in [6.07, 6.45) is 4.75. The Balaban J connectivity index is 2.15. The Hall–Kier alpha value is -0.0500. The van der Waals surface area contributed by atoms with Crippen molar-refractivity contribution in [3.05, 3.63) is 21.3 Å². The zero-order valence-corrected chi connectivity index (χ0v) is 8.63. The molecule has 0 aliphatic heterocycles. The third-order valence-corrected chi connectivity index (χ3v) is 3.05. The molecule has 0 saturated heterocycles. The van der Waals surface area contributed by atoms with Crippen LogP contribution in [0.15, 0.2) is 12.1 Å². The smallest absolute Gasteiger partial charge is 0.0931 e. The van der Waals surface area contributed by atoms with Crippen molar-refractivity contribution in [1.29, 1.82) is 0 Å². The minimum absolute atomic E-state index is 0.811. The van der Waals surface area contributed by atoms with Crippen molar-refractivity contribution in [2.24, 2.45) is 5.73 Å². The molecule has 0 aromatic carbocycles. The average Bonchev–Trinajstić information content (AvgIpc) is 2.45. The van der Waals surface area contributed by atoms with E-state index in [1.54, 1.807) is 11.3 Å². The van der Waals surface area contributed by atoms with Crippen LogP contribution in [0.4, 0.5) is 0 Å². The van der Waals surface area contributed by atoms with E-state index >= 15 is 0 Å². The van der Waals surface area contributed by atoms with Crippen LogP contribution in [-0.4, -0.2) is 6.54 Å². The van der Waals surface area contributed by atoms with Gasteiger partial charge in [-0.05, 0) is 37.9 Å². The predicted octanol–water partition coefficient (Wildman–Crippen LogP) is 3.07. The fourth-order valence-electron chi connectivity index (χ4n) is 1.11. The largest absolute Gasteiger partial charge is 0.330 e. The molecule has 1 aromatic rings. The van der Waals surface area contributed by atoms with E-state index in [1.807, 2.05) is 6.07 Å². The molecule has 3 heteroatoms. The van der Waals surface area contributed by atoms with E-state index in [4.69, 9.17) is 17.3 Å². The van der Waals surface area contributed by atoms with Crippen molar-refractivity contribution >= 4 is 22.9 Å². The quantitative estimate of drug-likeness (QED) is 0.732. The zero-order chi connectivity index (χ0) is 8.81. The number of halogens is 1. The maximum Gasteiger partial charge on any atom is 0.0931 e. The van der Waals surface area contributed by atoms with Crippen molar-refractivity contribution in [2.45, 2.75) is 25.7 Å². The van der Waals surface area contributed by atoms with Crippen LogP contribution in [0.5, 0.6) is 0 Å². The van der Waals surface area contributed by atoms with Crippen LogP contribution in [0.3, 0.4) is 0 Å². The second kappa shape index (κ2) is 5.57. The Labute approximate surface area is 82.5 Å². The highest BCUT2D eigenvalue weighted by atomic mass is 35.5. The molecule has 0 fully saturated rings. The normalized spacial score (nSPS) is 10.5. The molecule has 1 heterocycles. The molecule has 0 atom stereocenters. The number of nitrogens with two attached hydrogens (primary N) is 1. The fraction of sp³-hybridized carbons (Fsp3) is 0.556. The lowest BCUT2D eigenvalue weighted by atomic mass is 10.2. The highest BCUT2D eigenvalue weighted by Crippen LogP contribution is 2.22. The van der Waals surface area contributed by atoms with Gasteiger partial charge in [-0.25, -0.2) is 0 Å². The van der Waals surface area contributed by atoms with Crippen LogP contribution in [0, 0.1) is 0 Å². The number of rotatable bonds is 5. The van der Waals surface area contributed by atoms with Crippen molar-refractivity contribution in [3.8, 4) is 0 Å². The van der Waals surface area contributed by atoms with Gasteiger partial charge in [-0.1, -0.05) is 18.0 Å². The van der Waals surface area contributed by atoms with E-state index in [2.05, 4.69) is 6.07 Å². The van der Waals surface area contributed by atoms with Gasteiger partial charge in [0, 0.05) is 4.88 Å².